The molecule has 31 heavy (non-hydrogen) atoms. The zero-order chi connectivity index (χ0) is 22.6. The zero-order valence-electron chi connectivity index (χ0n) is 17.4. The fourth-order valence-electron chi connectivity index (χ4n) is 2.85. The summed E-state index contributed by atoms with van der Waals surface area (Å²) in [6.07, 6.45) is 1.52. The summed E-state index contributed by atoms with van der Waals surface area (Å²) < 4.78 is 0. The van der Waals surface area contributed by atoms with Gasteiger partial charge in [-0.1, -0.05) is 51.1 Å². The third-order valence-electron chi connectivity index (χ3n) is 4.64. The molecule has 3 rings (SSSR count). The van der Waals surface area contributed by atoms with Gasteiger partial charge in [-0.05, 0) is 29.7 Å². The lowest BCUT2D eigenvalue weighted by molar-refractivity contribution is -0.123. The molecule has 0 aliphatic heterocycles. The molecular weight excluding hydrogens is 392 g/mol. The minimum Gasteiger partial charge on any atom is -0.507 e. The van der Waals surface area contributed by atoms with E-state index >= 15 is 0 Å². The largest absolute Gasteiger partial charge is 0.507 e. The van der Waals surface area contributed by atoms with Crippen molar-refractivity contribution >= 4 is 34.5 Å². The van der Waals surface area contributed by atoms with Gasteiger partial charge in [0, 0.05) is 27.6 Å². The Labute approximate surface area is 180 Å². The maximum Gasteiger partial charge on any atom is 0.271 e. The number of phenolic OH excluding ortho intramolecular Hbond substituents is 1. The van der Waals surface area contributed by atoms with Gasteiger partial charge in [-0.15, -0.1) is 0 Å². The monoisotopic (exact) mass is 414 g/mol. The molecule has 3 aromatic rings. The molecule has 0 aromatic heterocycles. The summed E-state index contributed by atoms with van der Waals surface area (Å²) in [4.78, 5) is 24.7. The standard InChI is InChI=1S/C24H22N4O3/c1-24(2,3)23(31)27-20-10-8-16(18-6-4-5-7-19(18)20)14-26-28-22(30)15-9-11-21(29)17(12-15)13-25/h4-12,14,29H,1-3H3,(H,27,31)(H,28,30)/b26-14+. The number of phenols is 1. The van der Waals surface area contributed by atoms with Crippen LogP contribution in [0, 0.1) is 16.7 Å². The quantitative estimate of drug-likeness (QED) is 0.439. The average Bonchev–Trinajstić information content (AvgIpc) is 2.74. The molecule has 156 valence electrons. The highest BCUT2D eigenvalue weighted by molar-refractivity contribution is 6.09. The number of hydrazone groups is 1. The van der Waals surface area contributed by atoms with E-state index in [0.29, 0.717) is 5.69 Å². The number of aromatic hydroxyl groups is 1. The van der Waals surface area contributed by atoms with E-state index in [-0.39, 0.29) is 22.8 Å². The maximum atomic E-state index is 12.4. The number of rotatable bonds is 4. The Morgan fingerprint density at radius 2 is 1.77 bits per heavy atom. The lowest BCUT2D eigenvalue weighted by Crippen LogP contribution is -2.27. The molecule has 0 unspecified atom stereocenters. The number of amides is 2. The minimum atomic E-state index is -0.523. The highest BCUT2D eigenvalue weighted by atomic mass is 16.3. The second-order valence-electron chi connectivity index (χ2n) is 7.99. The number of nitrogens with one attached hydrogen (secondary N) is 2. The molecule has 0 atom stereocenters. The van der Waals surface area contributed by atoms with Crippen LogP contribution in [0.4, 0.5) is 5.69 Å². The third kappa shape index (κ3) is 4.87. The molecule has 7 nitrogen and oxygen atoms in total. The number of hydrogen-bond donors (Lipinski definition) is 3. The predicted molar refractivity (Wildman–Crippen MR) is 120 cm³/mol. The van der Waals surface area contributed by atoms with Gasteiger partial charge >= 0.3 is 0 Å². The number of nitriles is 1. The first-order valence-corrected chi connectivity index (χ1v) is 9.60. The van der Waals surface area contributed by atoms with Gasteiger partial charge in [0.2, 0.25) is 5.91 Å². The van der Waals surface area contributed by atoms with Crippen LogP contribution in [-0.2, 0) is 4.79 Å². The predicted octanol–water partition coefficient (Wildman–Crippen LogP) is 4.17. The number of fused-ring (bicyclic) bond motifs is 1. The molecule has 0 bridgehead atoms. The molecule has 0 spiro atoms. The zero-order valence-corrected chi connectivity index (χ0v) is 17.4. The molecule has 0 saturated heterocycles. The van der Waals surface area contributed by atoms with E-state index in [2.05, 4.69) is 15.8 Å². The highest BCUT2D eigenvalue weighted by Gasteiger charge is 2.22. The van der Waals surface area contributed by atoms with E-state index in [4.69, 9.17) is 5.26 Å². The first-order chi connectivity index (χ1) is 14.7. The molecule has 0 aliphatic rings. The van der Waals surface area contributed by atoms with Crippen LogP contribution in [0.3, 0.4) is 0 Å². The molecular formula is C24H22N4O3. The Hall–Kier alpha value is -4.18. The fraction of sp³-hybridized carbons (Fsp3) is 0.167. The molecule has 0 fully saturated rings. The lowest BCUT2D eigenvalue weighted by Gasteiger charge is -2.19. The van der Waals surface area contributed by atoms with Crippen molar-refractivity contribution < 1.29 is 14.7 Å². The van der Waals surface area contributed by atoms with E-state index in [9.17, 15) is 14.7 Å². The van der Waals surface area contributed by atoms with Gasteiger partial charge < -0.3 is 10.4 Å². The smallest absolute Gasteiger partial charge is 0.271 e. The SMILES string of the molecule is CC(C)(C)C(=O)Nc1ccc(/C=N/NC(=O)c2ccc(O)c(C#N)c2)c2ccccc12. The Morgan fingerprint density at radius 1 is 1.06 bits per heavy atom. The molecule has 0 radical (unpaired) electrons. The van der Waals surface area contributed by atoms with Crippen molar-refractivity contribution in [3.8, 4) is 11.8 Å². The van der Waals surface area contributed by atoms with Crippen LogP contribution in [-0.4, -0.2) is 23.1 Å². The number of carbonyl (C=O) groups is 2. The van der Waals surface area contributed by atoms with Crippen molar-refractivity contribution in [3.63, 3.8) is 0 Å². The van der Waals surface area contributed by atoms with Crippen molar-refractivity contribution in [2.75, 3.05) is 5.32 Å². The van der Waals surface area contributed by atoms with Gasteiger partial charge in [0.05, 0.1) is 11.8 Å². The fourth-order valence-corrected chi connectivity index (χ4v) is 2.85. The van der Waals surface area contributed by atoms with E-state index in [0.717, 1.165) is 16.3 Å². The molecule has 3 N–H and O–H groups in total. The summed E-state index contributed by atoms with van der Waals surface area (Å²) in [7, 11) is 0. The Kier molecular flexibility index (Phi) is 6.02. The van der Waals surface area contributed by atoms with Crippen LogP contribution in [0.2, 0.25) is 0 Å². The first-order valence-electron chi connectivity index (χ1n) is 9.60. The molecule has 7 heteroatoms. The van der Waals surface area contributed by atoms with Crippen LogP contribution in [0.25, 0.3) is 10.8 Å². The first kappa shape index (κ1) is 21.5. The van der Waals surface area contributed by atoms with E-state index in [1.807, 2.05) is 57.2 Å². The topological polar surface area (TPSA) is 115 Å². The second kappa shape index (κ2) is 8.67. The van der Waals surface area contributed by atoms with E-state index in [1.54, 1.807) is 6.07 Å². The van der Waals surface area contributed by atoms with Gasteiger partial charge in [0.1, 0.15) is 11.8 Å². The van der Waals surface area contributed by atoms with Gasteiger partial charge in [-0.25, -0.2) is 5.43 Å². The molecule has 2 amide bonds. The number of carbonyl (C=O) groups excluding carboxylic acids is 2. The molecule has 0 heterocycles. The van der Waals surface area contributed by atoms with Crippen molar-refractivity contribution in [1.29, 1.82) is 5.26 Å². The lowest BCUT2D eigenvalue weighted by atomic mass is 9.95. The van der Waals surface area contributed by atoms with Crippen molar-refractivity contribution in [2.24, 2.45) is 10.5 Å². The average molecular weight is 414 g/mol. The summed E-state index contributed by atoms with van der Waals surface area (Å²) in [6, 6.07) is 17.0. The van der Waals surface area contributed by atoms with Crippen LogP contribution in [0.5, 0.6) is 5.75 Å². The Balaban J connectivity index is 1.83. The van der Waals surface area contributed by atoms with Gasteiger partial charge in [0.25, 0.3) is 5.91 Å². The Morgan fingerprint density at radius 3 is 2.45 bits per heavy atom. The van der Waals surface area contributed by atoms with Crippen LogP contribution in [0.15, 0.2) is 59.7 Å². The highest BCUT2D eigenvalue weighted by Crippen LogP contribution is 2.27. The Bertz CT molecular complexity index is 1230. The van der Waals surface area contributed by atoms with E-state index < -0.39 is 11.3 Å². The van der Waals surface area contributed by atoms with Gasteiger partial charge in [-0.3, -0.25) is 9.59 Å². The normalized spacial score (nSPS) is 11.3. The number of hydrogen-bond acceptors (Lipinski definition) is 5. The van der Waals surface area contributed by atoms with Gasteiger partial charge in [0.15, 0.2) is 0 Å². The summed E-state index contributed by atoms with van der Waals surface area (Å²) in [5.74, 6) is -0.782. The van der Waals surface area contributed by atoms with Crippen LogP contribution in [0.1, 0.15) is 42.3 Å². The summed E-state index contributed by atoms with van der Waals surface area (Å²) >= 11 is 0. The van der Waals surface area contributed by atoms with E-state index in [1.165, 1.54) is 24.4 Å². The van der Waals surface area contributed by atoms with Crippen LogP contribution < -0.4 is 10.7 Å². The molecule has 3 aromatic carbocycles. The molecule has 0 aliphatic carbocycles. The molecule has 0 saturated carbocycles. The second-order valence-corrected chi connectivity index (χ2v) is 7.99. The number of benzene rings is 3. The van der Waals surface area contributed by atoms with Gasteiger partial charge in [-0.2, -0.15) is 10.4 Å². The summed E-state index contributed by atoms with van der Waals surface area (Å²) in [5.41, 5.74) is 3.57. The van der Waals surface area contributed by atoms with Crippen molar-refractivity contribution in [1.82, 2.24) is 5.43 Å². The minimum absolute atomic E-state index is 0.00974. The number of anilines is 1. The van der Waals surface area contributed by atoms with Crippen molar-refractivity contribution in [2.45, 2.75) is 20.8 Å². The maximum absolute atomic E-state index is 12.4. The number of nitrogens with zero attached hydrogens (tertiary/aromatic N) is 2. The summed E-state index contributed by atoms with van der Waals surface area (Å²) in [6.45, 7) is 5.55. The van der Waals surface area contributed by atoms with Crippen LogP contribution >= 0.6 is 0 Å². The third-order valence-corrected chi connectivity index (χ3v) is 4.64. The summed E-state index contributed by atoms with van der Waals surface area (Å²) in [5, 5.41) is 27.2. The van der Waals surface area contributed by atoms with Crippen molar-refractivity contribution in [3.05, 3.63) is 71.3 Å².